The van der Waals surface area contributed by atoms with Gasteiger partial charge in [-0.1, -0.05) is 54.1 Å². The third-order valence-electron chi connectivity index (χ3n) is 4.99. The van der Waals surface area contributed by atoms with Crippen molar-refractivity contribution in [3.05, 3.63) is 83.9 Å². The van der Waals surface area contributed by atoms with Crippen molar-refractivity contribution in [2.45, 2.75) is 13.5 Å². The fourth-order valence-electron chi connectivity index (χ4n) is 3.47. The number of imidazole rings is 1. The second-order valence-electron chi connectivity index (χ2n) is 7.68. The van der Waals surface area contributed by atoms with Gasteiger partial charge in [0.25, 0.3) is 0 Å². The number of rotatable bonds is 7. The molecule has 29 heavy (non-hydrogen) atoms. The Balaban J connectivity index is 1.78. The van der Waals surface area contributed by atoms with Crippen LogP contribution in [0.1, 0.15) is 11.1 Å². The van der Waals surface area contributed by atoms with Crippen LogP contribution < -0.4 is 4.74 Å². The van der Waals surface area contributed by atoms with Gasteiger partial charge in [-0.2, -0.15) is 0 Å². The third kappa shape index (κ3) is 4.49. The molecule has 4 rings (SSSR count). The number of benzene rings is 3. The lowest BCUT2D eigenvalue weighted by Gasteiger charge is -2.12. The molecule has 3 aromatic carbocycles. The molecule has 0 atom stereocenters. The molecule has 4 aromatic rings. The molecule has 0 N–H and O–H groups in total. The molecule has 148 valence electrons. The van der Waals surface area contributed by atoms with Gasteiger partial charge in [-0.15, -0.1) is 0 Å². The summed E-state index contributed by atoms with van der Waals surface area (Å²) in [5, 5.41) is 0. The molecule has 1 aromatic heterocycles. The van der Waals surface area contributed by atoms with Gasteiger partial charge >= 0.3 is 0 Å². The van der Waals surface area contributed by atoms with Gasteiger partial charge in [0.05, 0.1) is 11.0 Å². The predicted molar refractivity (Wildman–Crippen MR) is 119 cm³/mol. The summed E-state index contributed by atoms with van der Waals surface area (Å²) in [5.74, 6) is 1.86. The summed E-state index contributed by atoms with van der Waals surface area (Å²) in [6.45, 7) is 4.43. The Morgan fingerprint density at radius 1 is 0.931 bits per heavy atom. The van der Waals surface area contributed by atoms with Crippen molar-refractivity contribution in [3.63, 3.8) is 0 Å². The maximum absolute atomic E-state index is 5.98. The summed E-state index contributed by atoms with van der Waals surface area (Å²) in [6, 6.07) is 25.2. The number of nitrogens with zero attached hydrogens (tertiary/aromatic N) is 3. The van der Waals surface area contributed by atoms with E-state index in [1.807, 2.05) is 12.1 Å². The van der Waals surface area contributed by atoms with Crippen LogP contribution in [0.4, 0.5) is 0 Å². The number of fused-ring (bicyclic) bond motifs is 1. The molecule has 4 heteroatoms. The van der Waals surface area contributed by atoms with E-state index >= 15 is 0 Å². The molecular weight excluding hydrogens is 358 g/mol. The summed E-state index contributed by atoms with van der Waals surface area (Å²) in [4.78, 5) is 7.09. The number of ether oxygens (including phenoxy) is 1. The molecule has 0 saturated carbocycles. The quantitative estimate of drug-likeness (QED) is 0.448. The van der Waals surface area contributed by atoms with Crippen LogP contribution in [0.5, 0.6) is 5.75 Å². The molecule has 4 nitrogen and oxygen atoms in total. The number of hydrogen-bond acceptors (Lipinski definition) is 3. The van der Waals surface area contributed by atoms with Gasteiger partial charge < -0.3 is 14.2 Å². The van der Waals surface area contributed by atoms with E-state index in [1.165, 1.54) is 11.1 Å². The van der Waals surface area contributed by atoms with Crippen LogP contribution in [0.3, 0.4) is 0 Å². The summed E-state index contributed by atoms with van der Waals surface area (Å²) in [7, 11) is 4.10. The molecule has 0 radical (unpaired) electrons. The molecule has 0 saturated heterocycles. The lowest BCUT2D eigenvalue weighted by atomic mass is 10.1. The van der Waals surface area contributed by atoms with Crippen molar-refractivity contribution in [1.82, 2.24) is 14.5 Å². The predicted octanol–water partition coefficient (Wildman–Crippen LogP) is 5.00. The standard InChI is InChI=1S/C25H27N3O/c1-19-8-7-11-21(16-19)25-26-23-13-12-22(29-15-14-27(2)3)17-24(23)28(25)18-20-9-5-4-6-10-20/h4-13,16-17H,14-15,18H2,1-3H3. The van der Waals surface area contributed by atoms with Crippen LogP contribution in [0, 0.1) is 6.92 Å². The van der Waals surface area contributed by atoms with E-state index in [1.54, 1.807) is 0 Å². The Kier molecular flexibility index (Phi) is 5.63. The van der Waals surface area contributed by atoms with Crippen LogP contribution in [0.2, 0.25) is 0 Å². The summed E-state index contributed by atoms with van der Waals surface area (Å²) in [6.07, 6.45) is 0. The molecule has 0 spiro atoms. The first kappa shape index (κ1) is 19.2. The van der Waals surface area contributed by atoms with Crippen molar-refractivity contribution < 1.29 is 4.74 Å². The van der Waals surface area contributed by atoms with Crippen LogP contribution in [0.15, 0.2) is 72.8 Å². The summed E-state index contributed by atoms with van der Waals surface area (Å²) < 4.78 is 8.27. The van der Waals surface area contributed by atoms with Gasteiger partial charge in [-0.3, -0.25) is 0 Å². The van der Waals surface area contributed by atoms with Crippen molar-refractivity contribution in [3.8, 4) is 17.1 Å². The second-order valence-corrected chi connectivity index (χ2v) is 7.68. The zero-order chi connectivity index (χ0) is 20.2. The summed E-state index contributed by atoms with van der Waals surface area (Å²) >= 11 is 0. The highest BCUT2D eigenvalue weighted by Crippen LogP contribution is 2.29. The lowest BCUT2D eigenvalue weighted by molar-refractivity contribution is 0.261. The highest BCUT2D eigenvalue weighted by Gasteiger charge is 2.14. The number of hydrogen-bond donors (Lipinski definition) is 0. The van der Waals surface area contributed by atoms with Crippen LogP contribution in [0.25, 0.3) is 22.4 Å². The SMILES string of the molecule is Cc1cccc(-c2nc3ccc(OCCN(C)C)cc3n2Cc2ccccc2)c1. The van der Waals surface area contributed by atoms with Gasteiger partial charge in [0.1, 0.15) is 18.2 Å². The molecule has 0 fully saturated rings. The second kappa shape index (κ2) is 8.50. The summed E-state index contributed by atoms with van der Waals surface area (Å²) in [5.41, 5.74) is 5.69. The number of likely N-dealkylation sites (N-methyl/N-ethyl adjacent to an activating group) is 1. The Labute approximate surface area is 172 Å². The van der Waals surface area contributed by atoms with Gasteiger partial charge in [0.2, 0.25) is 0 Å². The smallest absolute Gasteiger partial charge is 0.141 e. The zero-order valence-electron chi connectivity index (χ0n) is 17.3. The van der Waals surface area contributed by atoms with Crippen LogP contribution in [-0.4, -0.2) is 41.7 Å². The molecule has 0 aliphatic rings. The fraction of sp³-hybridized carbons (Fsp3) is 0.240. The molecular formula is C25H27N3O. The zero-order valence-corrected chi connectivity index (χ0v) is 17.3. The minimum Gasteiger partial charge on any atom is -0.492 e. The van der Waals surface area contributed by atoms with E-state index in [4.69, 9.17) is 9.72 Å². The lowest BCUT2D eigenvalue weighted by Crippen LogP contribution is -2.19. The van der Waals surface area contributed by atoms with Crippen molar-refractivity contribution in [2.24, 2.45) is 0 Å². The Bertz CT molecular complexity index is 1100. The van der Waals surface area contributed by atoms with Crippen LogP contribution in [-0.2, 0) is 6.54 Å². The molecule has 0 unspecified atom stereocenters. The molecule has 0 aliphatic heterocycles. The average molecular weight is 386 g/mol. The first-order chi connectivity index (χ1) is 14.1. The monoisotopic (exact) mass is 385 g/mol. The topological polar surface area (TPSA) is 30.3 Å². The molecule has 1 heterocycles. The van der Waals surface area contributed by atoms with E-state index in [-0.39, 0.29) is 0 Å². The number of aryl methyl sites for hydroxylation is 1. The third-order valence-corrected chi connectivity index (χ3v) is 4.99. The maximum Gasteiger partial charge on any atom is 0.141 e. The van der Waals surface area contributed by atoms with Gasteiger partial charge in [0.15, 0.2) is 0 Å². The molecule has 0 amide bonds. The van der Waals surface area contributed by atoms with Gasteiger partial charge in [-0.25, -0.2) is 4.98 Å². The van der Waals surface area contributed by atoms with E-state index in [0.29, 0.717) is 6.61 Å². The first-order valence-electron chi connectivity index (χ1n) is 9.99. The van der Waals surface area contributed by atoms with Crippen molar-refractivity contribution in [1.29, 1.82) is 0 Å². The Morgan fingerprint density at radius 3 is 2.52 bits per heavy atom. The van der Waals surface area contributed by atoms with E-state index in [0.717, 1.165) is 41.3 Å². The van der Waals surface area contributed by atoms with Crippen molar-refractivity contribution in [2.75, 3.05) is 27.2 Å². The van der Waals surface area contributed by atoms with E-state index in [9.17, 15) is 0 Å². The minimum atomic E-state index is 0.663. The van der Waals surface area contributed by atoms with E-state index < -0.39 is 0 Å². The van der Waals surface area contributed by atoms with Crippen LogP contribution >= 0.6 is 0 Å². The maximum atomic E-state index is 5.98. The highest BCUT2D eigenvalue weighted by atomic mass is 16.5. The minimum absolute atomic E-state index is 0.663. The van der Waals surface area contributed by atoms with E-state index in [2.05, 4.69) is 91.1 Å². The van der Waals surface area contributed by atoms with Gasteiger partial charge in [0, 0.05) is 24.7 Å². The average Bonchev–Trinajstić information content (AvgIpc) is 3.06. The largest absolute Gasteiger partial charge is 0.492 e. The van der Waals surface area contributed by atoms with Crippen molar-refractivity contribution >= 4 is 11.0 Å². The normalized spacial score (nSPS) is 11.3. The molecule has 0 bridgehead atoms. The fourth-order valence-corrected chi connectivity index (χ4v) is 3.47. The molecule has 0 aliphatic carbocycles. The first-order valence-corrected chi connectivity index (χ1v) is 9.99. The Hall–Kier alpha value is -3.11. The highest BCUT2D eigenvalue weighted by molar-refractivity contribution is 5.82. The number of aromatic nitrogens is 2. The Morgan fingerprint density at radius 2 is 1.76 bits per heavy atom. The van der Waals surface area contributed by atoms with Gasteiger partial charge in [-0.05, 0) is 44.8 Å².